The predicted molar refractivity (Wildman–Crippen MR) is 58.7 cm³/mol. The van der Waals surface area contributed by atoms with Gasteiger partial charge in [0.25, 0.3) is 0 Å². The summed E-state index contributed by atoms with van der Waals surface area (Å²) in [4.78, 5) is 7.77. The van der Waals surface area contributed by atoms with Gasteiger partial charge in [0.05, 0.1) is 11.0 Å². The molecule has 0 fully saturated rings. The standard InChI is InChI=1S/C9H10N6/c10-8(11)14-9(12)15-5-13-6-3-1-2-4-7(6)15/h1-5H,(H5,10,11,12,14). The molecule has 0 aliphatic heterocycles. The van der Waals surface area contributed by atoms with Gasteiger partial charge in [-0.3, -0.25) is 9.98 Å². The Morgan fingerprint density at radius 1 is 1.33 bits per heavy atom. The Hall–Kier alpha value is -2.37. The summed E-state index contributed by atoms with van der Waals surface area (Å²) >= 11 is 0. The second kappa shape index (κ2) is 3.41. The SMILES string of the molecule is N=C(N=C(N)N)n1cnc2ccccc21. The van der Waals surface area contributed by atoms with Crippen LogP contribution in [-0.2, 0) is 0 Å². The lowest BCUT2D eigenvalue weighted by Crippen LogP contribution is -2.25. The normalized spacial score (nSPS) is 10.1. The van der Waals surface area contributed by atoms with E-state index in [4.69, 9.17) is 16.9 Å². The summed E-state index contributed by atoms with van der Waals surface area (Å²) in [5, 5.41) is 7.63. The number of rotatable bonds is 0. The summed E-state index contributed by atoms with van der Waals surface area (Å²) in [5.74, 6) is -0.193. The zero-order valence-electron chi connectivity index (χ0n) is 7.88. The number of para-hydroxylation sites is 2. The Balaban J connectivity index is 2.53. The zero-order chi connectivity index (χ0) is 10.8. The number of imidazole rings is 1. The van der Waals surface area contributed by atoms with Crippen LogP contribution in [0.4, 0.5) is 0 Å². The first-order valence-corrected chi connectivity index (χ1v) is 4.29. The molecule has 2 rings (SSSR count). The fraction of sp³-hybridized carbons (Fsp3) is 0. The highest BCUT2D eigenvalue weighted by Crippen LogP contribution is 2.11. The first-order chi connectivity index (χ1) is 7.18. The minimum Gasteiger partial charge on any atom is -0.370 e. The third kappa shape index (κ3) is 1.64. The van der Waals surface area contributed by atoms with Gasteiger partial charge in [-0.05, 0) is 12.1 Å². The Kier molecular flexibility index (Phi) is 2.09. The van der Waals surface area contributed by atoms with Crippen molar-refractivity contribution in [3.05, 3.63) is 30.6 Å². The first-order valence-electron chi connectivity index (χ1n) is 4.29. The Morgan fingerprint density at radius 2 is 2.07 bits per heavy atom. The number of aromatic nitrogens is 2. The molecule has 0 unspecified atom stereocenters. The van der Waals surface area contributed by atoms with Crippen molar-refractivity contribution >= 4 is 23.0 Å². The number of guanidine groups is 1. The van der Waals surface area contributed by atoms with E-state index in [-0.39, 0.29) is 11.9 Å². The second-order valence-electron chi connectivity index (χ2n) is 2.96. The van der Waals surface area contributed by atoms with E-state index in [1.807, 2.05) is 24.3 Å². The van der Waals surface area contributed by atoms with E-state index < -0.39 is 0 Å². The molecule has 0 saturated heterocycles. The van der Waals surface area contributed by atoms with Crippen molar-refractivity contribution in [1.29, 1.82) is 5.41 Å². The number of hydrogen-bond acceptors (Lipinski definition) is 2. The molecule has 0 atom stereocenters. The lowest BCUT2D eigenvalue weighted by Gasteiger charge is -2.00. The van der Waals surface area contributed by atoms with Crippen LogP contribution in [0.2, 0.25) is 0 Å². The van der Waals surface area contributed by atoms with Crippen LogP contribution in [0.3, 0.4) is 0 Å². The maximum atomic E-state index is 7.63. The van der Waals surface area contributed by atoms with Gasteiger partial charge in [-0.1, -0.05) is 12.1 Å². The summed E-state index contributed by atoms with van der Waals surface area (Å²) in [7, 11) is 0. The van der Waals surface area contributed by atoms with E-state index in [0.717, 1.165) is 11.0 Å². The van der Waals surface area contributed by atoms with Crippen LogP contribution in [0.15, 0.2) is 35.6 Å². The Labute approximate surface area is 85.7 Å². The molecular weight excluding hydrogens is 192 g/mol. The lowest BCUT2D eigenvalue weighted by atomic mass is 10.3. The number of nitrogens with two attached hydrogens (primary N) is 2. The van der Waals surface area contributed by atoms with Crippen LogP contribution in [-0.4, -0.2) is 21.5 Å². The van der Waals surface area contributed by atoms with E-state index >= 15 is 0 Å². The van der Waals surface area contributed by atoms with Gasteiger partial charge >= 0.3 is 0 Å². The highest BCUT2D eigenvalue weighted by Gasteiger charge is 2.04. The van der Waals surface area contributed by atoms with Crippen LogP contribution in [0.5, 0.6) is 0 Å². The largest absolute Gasteiger partial charge is 0.370 e. The van der Waals surface area contributed by atoms with E-state index in [9.17, 15) is 0 Å². The summed E-state index contributed by atoms with van der Waals surface area (Å²) in [6, 6.07) is 7.45. The van der Waals surface area contributed by atoms with Gasteiger partial charge in [0.2, 0.25) is 5.96 Å². The summed E-state index contributed by atoms with van der Waals surface area (Å²) in [6.07, 6.45) is 1.51. The topological polar surface area (TPSA) is 106 Å². The number of benzene rings is 1. The third-order valence-electron chi connectivity index (χ3n) is 1.92. The molecule has 0 saturated carbocycles. The molecule has 76 valence electrons. The number of nitrogens with one attached hydrogen (secondary N) is 1. The average Bonchev–Trinajstić information content (AvgIpc) is 2.59. The molecule has 0 bridgehead atoms. The van der Waals surface area contributed by atoms with Crippen molar-refractivity contribution in [2.24, 2.45) is 16.5 Å². The monoisotopic (exact) mass is 202 g/mol. The molecule has 2 aromatic rings. The number of fused-ring (bicyclic) bond motifs is 1. The first kappa shape index (κ1) is 9.20. The van der Waals surface area contributed by atoms with Crippen molar-refractivity contribution in [2.75, 3.05) is 0 Å². The fourth-order valence-corrected chi connectivity index (χ4v) is 1.30. The molecule has 6 heteroatoms. The van der Waals surface area contributed by atoms with Crippen molar-refractivity contribution in [3.8, 4) is 0 Å². The minimum absolute atomic E-state index is 0.0521. The van der Waals surface area contributed by atoms with Gasteiger partial charge in [0.1, 0.15) is 6.33 Å². The van der Waals surface area contributed by atoms with Crippen LogP contribution >= 0.6 is 0 Å². The molecule has 1 aromatic carbocycles. The zero-order valence-corrected chi connectivity index (χ0v) is 7.88. The maximum Gasteiger partial charge on any atom is 0.231 e. The van der Waals surface area contributed by atoms with Gasteiger partial charge in [-0.2, -0.15) is 4.99 Å². The van der Waals surface area contributed by atoms with Gasteiger partial charge in [-0.25, -0.2) is 4.98 Å². The smallest absolute Gasteiger partial charge is 0.231 e. The van der Waals surface area contributed by atoms with Crippen LogP contribution < -0.4 is 11.5 Å². The van der Waals surface area contributed by atoms with E-state index in [0.29, 0.717) is 0 Å². The number of nitrogens with zero attached hydrogens (tertiary/aromatic N) is 3. The van der Waals surface area contributed by atoms with Crippen LogP contribution in [0, 0.1) is 5.41 Å². The van der Waals surface area contributed by atoms with Crippen molar-refractivity contribution in [1.82, 2.24) is 9.55 Å². The van der Waals surface area contributed by atoms with E-state index in [1.165, 1.54) is 10.9 Å². The highest BCUT2D eigenvalue weighted by molar-refractivity contribution is 5.97. The fourth-order valence-electron chi connectivity index (χ4n) is 1.30. The van der Waals surface area contributed by atoms with Crippen molar-refractivity contribution in [3.63, 3.8) is 0 Å². The average molecular weight is 202 g/mol. The van der Waals surface area contributed by atoms with Crippen LogP contribution in [0.1, 0.15) is 0 Å². The quantitative estimate of drug-likeness (QED) is 0.416. The van der Waals surface area contributed by atoms with Gasteiger partial charge in [0.15, 0.2) is 5.96 Å². The van der Waals surface area contributed by atoms with Crippen molar-refractivity contribution in [2.45, 2.75) is 0 Å². The van der Waals surface area contributed by atoms with Gasteiger partial charge < -0.3 is 11.5 Å². The molecule has 0 aliphatic rings. The second-order valence-corrected chi connectivity index (χ2v) is 2.96. The number of hydrogen-bond donors (Lipinski definition) is 3. The van der Waals surface area contributed by atoms with Crippen molar-refractivity contribution < 1.29 is 0 Å². The summed E-state index contributed by atoms with van der Waals surface area (Å²) in [6.45, 7) is 0. The molecular formula is C9H10N6. The molecule has 0 aliphatic carbocycles. The molecule has 6 nitrogen and oxygen atoms in total. The molecule has 5 N–H and O–H groups in total. The summed E-state index contributed by atoms with van der Waals surface area (Å²) < 4.78 is 1.51. The molecule has 1 heterocycles. The maximum absolute atomic E-state index is 7.63. The predicted octanol–water partition coefficient (Wildman–Crippen LogP) is 0.0926. The Morgan fingerprint density at radius 3 is 2.80 bits per heavy atom. The van der Waals surface area contributed by atoms with Gasteiger partial charge in [-0.15, -0.1) is 0 Å². The van der Waals surface area contributed by atoms with Crippen LogP contribution in [0.25, 0.3) is 11.0 Å². The summed E-state index contributed by atoms with van der Waals surface area (Å²) in [5.41, 5.74) is 12.0. The lowest BCUT2D eigenvalue weighted by molar-refractivity contribution is 1.11. The highest BCUT2D eigenvalue weighted by atomic mass is 15.2. The van der Waals surface area contributed by atoms with E-state index in [2.05, 4.69) is 9.98 Å². The molecule has 0 radical (unpaired) electrons. The molecule has 1 aromatic heterocycles. The minimum atomic E-state index is -0.141. The number of aliphatic imine (C=N–C) groups is 1. The molecule has 0 amide bonds. The molecule has 15 heavy (non-hydrogen) atoms. The van der Waals surface area contributed by atoms with Gasteiger partial charge in [0, 0.05) is 0 Å². The van der Waals surface area contributed by atoms with E-state index in [1.54, 1.807) is 0 Å². The molecule has 0 spiro atoms. The third-order valence-corrected chi connectivity index (χ3v) is 1.92. The Bertz CT molecular complexity index is 534.